The van der Waals surface area contributed by atoms with E-state index in [-0.39, 0.29) is 12.6 Å². The maximum atomic E-state index is 11.4. The maximum absolute atomic E-state index is 11.4. The van der Waals surface area contributed by atoms with Crippen molar-refractivity contribution in [3.63, 3.8) is 0 Å². The minimum atomic E-state index is -3.42. The summed E-state index contributed by atoms with van der Waals surface area (Å²) in [5, 5.41) is 7.92. The minimum Gasteiger partial charge on any atom is -0.395 e. The van der Waals surface area contributed by atoms with Crippen LogP contribution in [0.15, 0.2) is 0 Å². The molecule has 0 aliphatic heterocycles. The lowest BCUT2D eigenvalue weighted by molar-refractivity contribution is 0.133. The number of hydrogen-bond donors (Lipinski definition) is 2. The third-order valence-electron chi connectivity index (χ3n) is 1.72. The average molecular weight is 225 g/mol. The predicted octanol–water partition coefficient (Wildman–Crippen LogP) is -0.288. The molecule has 0 aromatic rings. The van der Waals surface area contributed by atoms with Gasteiger partial charge in [-0.3, -0.25) is 0 Å². The maximum Gasteiger partial charge on any atom is 0.216 e. The molecule has 0 aliphatic rings. The highest BCUT2D eigenvalue weighted by Gasteiger charge is 2.21. The zero-order chi connectivity index (χ0) is 11.2. The van der Waals surface area contributed by atoms with Gasteiger partial charge in [-0.25, -0.2) is 13.1 Å². The Morgan fingerprint density at radius 2 is 2.00 bits per heavy atom. The first-order valence-electron chi connectivity index (χ1n) is 4.63. The van der Waals surface area contributed by atoms with E-state index in [1.807, 2.05) is 6.92 Å². The van der Waals surface area contributed by atoms with Gasteiger partial charge in [0.05, 0.1) is 18.5 Å². The van der Waals surface area contributed by atoms with Crippen molar-refractivity contribution in [2.45, 2.75) is 32.1 Å². The Balaban J connectivity index is 4.09. The summed E-state index contributed by atoms with van der Waals surface area (Å²) < 4.78 is 30.3. The zero-order valence-corrected chi connectivity index (χ0v) is 9.67. The molecule has 0 heterocycles. The first-order chi connectivity index (χ1) is 6.44. The van der Waals surface area contributed by atoms with Crippen molar-refractivity contribution in [2.75, 3.05) is 19.8 Å². The van der Waals surface area contributed by atoms with Gasteiger partial charge in [0.15, 0.2) is 0 Å². The van der Waals surface area contributed by atoms with Crippen molar-refractivity contribution in [3.05, 3.63) is 0 Å². The number of sulfonamides is 1. The van der Waals surface area contributed by atoms with E-state index in [1.54, 1.807) is 6.92 Å². The second-order valence-electron chi connectivity index (χ2n) is 3.22. The number of aliphatic hydroxyl groups is 1. The molecule has 0 amide bonds. The van der Waals surface area contributed by atoms with Crippen LogP contribution < -0.4 is 4.72 Å². The Morgan fingerprint density at radius 1 is 1.43 bits per heavy atom. The van der Waals surface area contributed by atoms with Crippen molar-refractivity contribution >= 4 is 10.0 Å². The SMILES string of the molecule is CCOCC(C)NS(=O)(=O)C(C)CO. The molecule has 0 aromatic carbocycles. The van der Waals surface area contributed by atoms with Crippen molar-refractivity contribution in [2.24, 2.45) is 0 Å². The Bertz CT molecular complexity index is 240. The number of nitrogens with one attached hydrogen (secondary N) is 1. The predicted molar refractivity (Wildman–Crippen MR) is 54.6 cm³/mol. The van der Waals surface area contributed by atoms with Gasteiger partial charge < -0.3 is 9.84 Å². The highest BCUT2D eigenvalue weighted by atomic mass is 32.2. The second-order valence-corrected chi connectivity index (χ2v) is 5.35. The summed E-state index contributed by atoms with van der Waals surface area (Å²) in [4.78, 5) is 0. The van der Waals surface area contributed by atoms with Gasteiger partial charge in [-0.2, -0.15) is 0 Å². The van der Waals surface area contributed by atoms with Gasteiger partial charge in [-0.1, -0.05) is 0 Å². The highest BCUT2D eigenvalue weighted by Crippen LogP contribution is 1.99. The summed E-state index contributed by atoms with van der Waals surface area (Å²) in [6.07, 6.45) is 0. The molecule has 0 saturated heterocycles. The lowest BCUT2D eigenvalue weighted by Crippen LogP contribution is -2.41. The largest absolute Gasteiger partial charge is 0.395 e. The molecule has 2 unspecified atom stereocenters. The first kappa shape index (κ1) is 13.8. The summed E-state index contributed by atoms with van der Waals surface area (Å²) in [5.74, 6) is 0. The van der Waals surface area contributed by atoms with Gasteiger partial charge in [0.25, 0.3) is 0 Å². The van der Waals surface area contributed by atoms with E-state index in [0.29, 0.717) is 13.2 Å². The molecule has 0 radical (unpaired) electrons. The van der Waals surface area contributed by atoms with Crippen LogP contribution in [0.1, 0.15) is 20.8 Å². The number of hydrogen-bond acceptors (Lipinski definition) is 4. The van der Waals surface area contributed by atoms with E-state index in [0.717, 1.165) is 0 Å². The standard InChI is InChI=1S/C8H19NO4S/c1-4-13-6-7(2)9-14(11,12)8(3)5-10/h7-10H,4-6H2,1-3H3. The van der Waals surface area contributed by atoms with Crippen LogP contribution in [0.2, 0.25) is 0 Å². The molecule has 6 heteroatoms. The van der Waals surface area contributed by atoms with Crippen LogP contribution in [0.25, 0.3) is 0 Å². The third kappa shape index (κ3) is 4.90. The van der Waals surface area contributed by atoms with Crippen LogP contribution in [0.4, 0.5) is 0 Å². The van der Waals surface area contributed by atoms with Crippen LogP contribution >= 0.6 is 0 Å². The molecule has 0 bridgehead atoms. The molecule has 5 nitrogen and oxygen atoms in total. The second kappa shape index (κ2) is 6.34. The molecular formula is C8H19NO4S. The molecule has 86 valence electrons. The Morgan fingerprint density at radius 3 is 2.43 bits per heavy atom. The van der Waals surface area contributed by atoms with E-state index in [1.165, 1.54) is 6.92 Å². The fraction of sp³-hybridized carbons (Fsp3) is 1.00. The highest BCUT2D eigenvalue weighted by molar-refractivity contribution is 7.90. The molecule has 2 N–H and O–H groups in total. The molecule has 14 heavy (non-hydrogen) atoms. The van der Waals surface area contributed by atoms with Crippen LogP contribution in [-0.2, 0) is 14.8 Å². The monoisotopic (exact) mass is 225 g/mol. The van der Waals surface area contributed by atoms with Gasteiger partial charge in [0.1, 0.15) is 0 Å². The summed E-state index contributed by atoms with van der Waals surface area (Å²) >= 11 is 0. The van der Waals surface area contributed by atoms with Gasteiger partial charge in [-0.15, -0.1) is 0 Å². The quantitative estimate of drug-likeness (QED) is 0.624. The van der Waals surface area contributed by atoms with E-state index in [9.17, 15) is 8.42 Å². The summed E-state index contributed by atoms with van der Waals surface area (Å²) in [5.41, 5.74) is 0. The summed E-state index contributed by atoms with van der Waals surface area (Å²) in [6, 6.07) is -0.269. The Hall–Kier alpha value is -0.170. The number of ether oxygens (including phenoxy) is 1. The van der Waals surface area contributed by atoms with Crippen molar-refractivity contribution in [1.82, 2.24) is 4.72 Å². The van der Waals surface area contributed by atoms with E-state index in [4.69, 9.17) is 9.84 Å². The lowest BCUT2D eigenvalue weighted by atomic mass is 10.4. The fourth-order valence-corrected chi connectivity index (χ4v) is 1.88. The molecule has 0 aliphatic carbocycles. The molecular weight excluding hydrogens is 206 g/mol. The van der Waals surface area contributed by atoms with Crippen molar-refractivity contribution < 1.29 is 18.3 Å². The Kier molecular flexibility index (Phi) is 6.26. The van der Waals surface area contributed by atoms with Gasteiger partial charge in [0.2, 0.25) is 10.0 Å². The lowest BCUT2D eigenvalue weighted by Gasteiger charge is -2.16. The molecule has 0 fully saturated rings. The number of aliphatic hydroxyl groups excluding tert-OH is 1. The van der Waals surface area contributed by atoms with Crippen molar-refractivity contribution in [3.8, 4) is 0 Å². The van der Waals surface area contributed by atoms with Crippen LogP contribution in [0, 0.1) is 0 Å². The van der Waals surface area contributed by atoms with Gasteiger partial charge in [-0.05, 0) is 20.8 Å². The smallest absolute Gasteiger partial charge is 0.216 e. The topological polar surface area (TPSA) is 75.6 Å². The van der Waals surface area contributed by atoms with E-state index >= 15 is 0 Å². The normalized spacial score (nSPS) is 16.6. The van der Waals surface area contributed by atoms with Crippen LogP contribution in [0.5, 0.6) is 0 Å². The summed E-state index contributed by atoms with van der Waals surface area (Å²) in [7, 11) is -3.42. The van der Waals surface area contributed by atoms with Gasteiger partial charge in [0, 0.05) is 12.6 Å². The van der Waals surface area contributed by atoms with Crippen molar-refractivity contribution in [1.29, 1.82) is 0 Å². The molecule has 2 atom stereocenters. The molecule has 0 spiro atoms. The van der Waals surface area contributed by atoms with Gasteiger partial charge >= 0.3 is 0 Å². The van der Waals surface area contributed by atoms with E-state index in [2.05, 4.69) is 4.72 Å². The van der Waals surface area contributed by atoms with Crippen LogP contribution in [0.3, 0.4) is 0 Å². The average Bonchev–Trinajstić information content (AvgIpc) is 2.12. The van der Waals surface area contributed by atoms with Crippen LogP contribution in [-0.4, -0.2) is 44.6 Å². The third-order valence-corrected chi connectivity index (χ3v) is 3.66. The number of rotatable bonds is 7. The van der Waals surface area contributed by atoms with E-state index < -0.39 is 15.3 Å². The molecule has 0 rings (SSSR count). The Labute approximate surface area is 85.5 Å². The summed E-state index contributed by atoms with van der Waals surface area (Å²) in [6.45, 7) is 5.54. The molecule has 0 aromatic heterocycles. The first-order valence-corrected chi connectivity index (χ1v) is 6.18. The minimum absolute atomic E-state index is 0.269. The molecule has 0 saturated carbocycles. The zero-order valence-electron chi connectivity index (χ0n) is 8.86. The fourth-order valence-electron chi connectivity index (χ4n) is 0.823.